The molecule has 0 fully saturated rings. The minimum absolute atomic E-state index is 0.236. The first-order valence-corrected chi connectivity index (χ1v) is 5.27. The number of H-pyrrole nitrogens is 1. The van der Waals surface area contributed by atoms with E-state index in [-0.39, 0.29) is 17.1 Å². The Morgan fingerprint density at radius 3 is 3.00 bits per heavy atom. The Hall–Kier alpha value is -1.16. The highest BCUT2D eigenvalue weighted by molar-refractivity contribution is 5.24. The van der Waals surface area contributed by atoms with Crippen molar-refractivity contribution in [1.29, 1.82) is 0 Å². The highest BCUT2D eigenvalue weighted by Crippen LogP contribution is 2.38. The average molecular weight is 207 g/mol. The van der Waals surface area contributed by atoms with Crippen LogP contribution in [0.4, 0.5) is 0 Å². The molecule has 4 nitrogen and oxygen atoms in total. The van der Waals surface area contributed by atoms with Gasteiger partial charge < -0.3 is 10.3 Å². The van der Waals surface area contributed by atoms with Gasteiger partial charge in [-0.05, 0) is 30.9 Å². The summed E-state index contributed by atoms with van der Waals surface area (Å²) in [6, 6.07) is 0.236. The minimum atomic E-state index is -0.256. The molecule has 1 atom stereocenters. The predicted octanol–water partition coefficient (Wildman–Crippen LogP) is 1.00. The molecule has 2 N–H and O–H groups in total. The molecule has 0 saturated heterocycles. The highest BCUT2D eigenvalue weighted by atomic mass is 16.1. The van der Waals surface area contributed by atoms with Crippen LogP contribution in [0.3, 0.4) is 0 Å². The molecule has 15 heavy (non-hydrogen) atoms. The largest absolute Gasteiger partial charge is 0.345 e. The summed E-state index contributed by atoms with van der Waals surface area (Å²) in [4.78, 5) is 17.8. The number of rotatable bonds is 1. The van der Waals surface area contributed by atoms with Gasteiger partial charge in [0, 0.05) is 17.9 Å². The zero-order valence-electron chi connectivity index (χ0n) is 9.42. The van der Waals surface area contributed by atoms with E-state index in [1.807, 2.05) is 7.05 Å². The van der Waals surface area contributed by atoms with Crippen LogP contribution in [0.25, 0.3) is 0 Å². The van der Waals surface area contributed by atoms with Gasteiger partial charge in [-0.15, -0.1) is 0 Å². The molecule has 0 aromatic carbocycles. The van der Waals surface area contributed by atoms with Crippen molar-refractivity contribution in [2.75, 3.05) is 7.05 Å². The molecular weight excluding hydrogens is 190 g/mol. The lowest BCUT2D eigenvalue weighted by molar-refractivity contribution is 0.259. The van der Waals surface area contributed by atoms with E-state index in [0.717, 1.165) is 24.1 Å². The van der Waals surface area contributed by atoms with Crippen molar-refractivity contribution in [1.82, 2.24) is 15.3 Å². The van der Waals surface area contributed by atoms with Crippen LogP contribution in [0.2, 0.25) is 0 Å². The number of aromatic amines is 1. The normalized spacial score (nSPS) is 23.5. The lowest BCUT2D eigenvalue weighted by Gasteiger charge is -2.36. The van der Waals surface area contributed by atoms with E-state index in [0.29, 0.717) is 0 Å². The van der Waals surface area contributed by atoms with Crippen LogP contribution in [-0.2, 0) is 6.42 Å². The molecule has 1 aromatic heterocycles. The molecule has 4 heteroatoms. The Kier molecular flexibility index (Phi) is 2.38. The highest BCUT2D eigenvalue weighted by Gasteiger charge is 2.32. The van der Waals surface area contributed by atoms with E-state index in [2.05, 4.69) is 29.1 Å². The van der Waals surface area contributed by atoms with E-state index < -0.39 is 0 Å². The van der Waals surface area contributed by atoms with Crippen LogP contribution in [0.1, 0.15) is 37.6 Å². The van der Waals surface area contributed by atoms with Crippen LogP contribution in [0, 0.1) is 5.41 Å². The second kappa shape index (κ2) is 3.45. The van der Waals surface area contributed by atoms with Gasteiger partial charge >= 0.3 is 5.69 Å². The molecule has 0 aliphatic heterocycles. The second-order valence-corrected chi connectivity index (χ2v) is 5.01. The number of aromatic nitrogens is 2. The third-order valence-electron chi connectivity index (χ3n) is 3.05. The third-order valence-corrected chi connectivity index (χ3v) is 3.05. The molecule has 0 saturated carbocycles. The third kappa shape index (κ3) is 1.95. The molecule has 82 valence electrons. The van der Waals surface area contributed by atoms with Gasteiger partial charge in [0.2, 0.25) is 0 Å². The molecule has 0 bridgehead atoms. The smallest absolute Gasteiger partial charge is 0.312 e. The lowest BCUT2D eigenvalue weighted by atomic mass is 9.74. The molecule has 0 amide bonds. The summed E-state index contributed by atoms with van der Waals surface area (Å²) in [5.41, 5.74) is 2.18. The van der Waals surface area contributed by atoms with Crippen LogP contribution >= 0.6 is 0 Å². The fourth-order valence-corrected chi connectivity index (χ4v) is 2.37. The first-order valence-electron chi connectivity index (χ1n) is 5.27. The van der Waals surface area contributed by atoms with Crippen LogP contribution in [0.5, 0.6) is 0 Å². The summed E-state index contributed by atoms with van der Waals surface area (Å²) in [5, 5.41) is 3.25. The van der Waals surface area contributed by atoms with Crippen molar-refractivity contribution in [3.05, 3.63) is 27.9 Å². The number of fused-ring (bicyclic) bond motifs is 1. The Morgan fingerprint density at radius 1 is 1.60 bits per heavy atom. The average Bonchev–Trinajstić information content (AvgIpc) is 2.16. The Labute approximate surface area is 89.1 Å². The Balaban J connectivity index is 2.49. The molecular formula is C11H17N3O. The first kappa shape index (κ1) is 10.4. The van der Waals surface area contributed by atoms with E-state index in [1.54, 1.807) is 6.20 Å². The maximum absolute atomic E-state index is 11.2. The molecule has 1 unspecified atom stereocenters. The number of nitrogens with one attached hydrogen (secondary N) is 2. The van der Waals surface area contributed by atoms with Crippen molar-refractivity contribution >= 4 is 0 Å². The van der Waals surface area contributed by atoms with Gasteiger partial charge in [0.1, 0.15) is 0 Å². The zero-order chi connectivity index (χ0) is 11.1. The fourth-order valence-electron chi connectivity index (χ4n) is 2.37. The summed E-state index contributed by atoms with van der Waals surface area (Å²) in [6.45, 7) is 4.48. The number of hydrogen-bond acceptors (Lipinski definition) is 3. The van der Waals surface area contributed by atoms with Gasteiger partial charge in [-0.2, -0.15) is 0 Å². The number of hydrogen-bond donors (Lipinski definition) is 2. The summed E-state index contributed by atoms with van der Waals surface area (Å²) >= 11 is 0. The fraction of sp³-hybridized carbons (Fsp3) is 0.636. The minimum Gasteiger partial charge on any atom is -0.312 e. The van der Waals surface area contributed by atoms with Gasteiger partial charge in [0.25, 0.3) is 0 Å². The molecule has 0 spiro atoms. The molecule has 1 aliphatic carbocycles. The second-order valence-electron chi connectivity index (χ2n) is 5.01. The van der Waals surface area contributed by atoms with E-state index >= 15 is 0 Å². The Bertz CT molecular complexity index is 422. The monoisotopic (exact) mass is 207 g/mol. The van der Waals surface area contributed by atoms with Crippen LogP contribution < -0.4 is 11.0 Å². The van der Waals surface area contributed by atoms with Gasteiger partial charge in [-0.3, -0.25) is 0 Å². The van der Waals surface area contributed by atoms with E-state index in [1.165, 1.54) is 0 Å². The molecule has 0 radical (unpaired) electrons. The van der Waals surface area contributed by atoms with Crippen molar-refractivity contribution in [3.8, 4) is 0 Å². The predicted molar refractivity (Wildman–Crippen MR) is 58.8 cm³/mol. The molecule has 1 aliphatic rings. The maximum Gasteiger partial charge on any atom is 0.345 e. The maximum atomic E-state index is 11.2. The summed E-state index contributed by atoms with van der Waals surface area (Å²) in [7, 11) is 1.93. The van der Waals surface area contributed by atoms with Gasteiger partial charge in [-0.1, -0.05) is 13.8 Å². The number of nitrogens with zero attached hydrogens (tertiary/aromatic N) is 1. The molecule has 2 rings (SSSR count). The van der Waals surface area contributed by atoms with E-state index in [9.17, 15) is 4.79 Å². The van der Waals surface area contributed by atoms with Gasteiger partial charge in [0.05, 0.1) is 0 Å². The molecule has 1 aromatic rings. The topological polar surface area (TPSA) is 57.8 Å². The summed E-state index contributed by atoms with van der Waals surface area (Å²) in [6.07, 6.45) is 3.72. The quantitative estimate of drug-likeness (QED) is 0.722. The van der Waals surface area contributed by atoms with Crippen LogP contribution in [-0.4, -0.2) is 17.0 Å². The van der Waals surface area contributed by atoms with Crippen molar-refractivity contribution < 1.29 is 0 Å². The standard InChI is InChI=1S/C11H17N3O/c1-11(2)4-7-6-13-10(15)14-9(7)8(5-11)12-3/h6,8,12H,4-5H2,1-3H3,(H,13,14,15). The zero-order valence-corrected chi connectivity index (χ0v) is 9.42. The SMILES string of the molecule is CNC1CC(C)(C)Cc2cnc(=O)[nH]c21. The molecule has 1 heterocycles. The van der Waals surface area contributed by atoms with Gasteiger partial charge in [0.15, 0.2) is 0 Å². The van der Waals surface area contributed by atoms with Crippen molar-refractivity contribution in [2.24, 2.45) is 5.41 Å². The van der Waals surface area contributed by atoms with Gasteiger partial charge in [-0.25, -0.2) is 9.78 Å². The van der Waals surface area contributed by atoms with Crippen molar-refractivity contribution in [3.63, 3.8) is 0 Å². The first-order chi connectivity index (χ1) is 7.02. The van der Waals surface area contributed by atoms with Crippen LogP contribution in [0.15, 0.2) is 11.0 Å². The lowest BCUT2D eigenvalue weighted by Crippen LogP contribution is -2.34. The Morgan fingerprint density at radius 2 is 2.33 bits per heavy atom. The van der Waals surface area contributed by atoms with Crippen molar-refractivity contribution in [2.45, 2.75) is 32.7 Å². The summed E-state index contributed by atoms with van der Waals surface area (Å²) < 4.78 is 0. The summed E-state index contributed by atoms with van der Waals surface area (Å²) in [5.74, 6) is 0. The van der Waals surface area contributed by atoms with E-state index in [4.69, 9.17) is 0 Å².